The standard InChI is InChI=1S/C28H27N7O4/c1-4-35-27(38)23(32-28(39)33-24-15(2)13-31-14-16(24)3)12-22(34-35)18-7-5-6-17(8-18)19-9-20(25(29)36)11-21(10-19)26(30)37/h5-14H,4H2,1-3H3,(H2,29,36)(H2,30,37)(H2,31,32,33,39). The molecule has 2 heterocycles. The van der Waals surface area contributed by atoms with Crippen LogP contribution in [-0.4, -0.2) is 32.6 Å². The Morgan fingerprint density at radius 2 is 1.46 bits per heavy atom. The molecule has 4 aromatic rings. The van der Waals surface area contributed by atoms with E-state index in [0.29, 0.717) is 28.1 Å². The average Bonchev–Trinajstić information content (AvgIpc) is 2.91. The maximum Gasteiger partial charge on any atom is 0.323 e. The molecule has 0 saturated carbocycles. The van der Waals surface area contributed by atoms with Gasteiger partial charge in [0.2, 0.25) is 11.8 Å². The van der Waals surface area contributed by atoms with E-state index in [-0.39, 0.29) is 23.4 Å². The van der Waals surface area contributed by atoms with Crippen LogP contribution in [0.3, 0.4) is 0 Å². The zero-order chi connectivity index (χ0) is 28.3. The van der Waals surface area contributed by atoms with Crippen molar-refractivity contribution in [2.24, 2.45) is 11.5 Å². The number of nitrogens with zero attached hydrogens (tertiary/aromatic N) is 3. The van der Waals surface area contributed by atoms with E-state index in [1.165, 1.54) is 16.8 Å². The highest BCUT2D eigenvalue weighted by Gasteiger charge is 2.15. The molecule has 198 valence electrons. The maximum atomic E-state index is 13.0. The van der Waals surface area contributed by atoms with Crippen LogP contribution in [0.1, 0.15) is 38.8 Å². The van der Waals surface area contributed by atoms with Gasteiger partial charge in [-0.1, -0.05) is 18.2 Å². The summed E-state index contributed by atoms with van der Waals surface area (Å²) in [6.45, 7) is 5.68. The fourth-order valence-corrected chi connectivity index (χ4v) is 4.09. The lowest BCUT2D eigenvalue weighted by Gasteiger charge is -2.14. The number of carbonyl (C=O) groups is 3. The van der Waals surface area contributed by atoms with E-state index < -0.39 is 23.4 Å². The molecule has 0 spiro atoms. The summed E-state index contributed by atoms with van der Waals surface area (Å²) in [5.74, 6) is -1.39. The van der Waals surface area contributed by atoms with E-state index in [2.05, 4.69) is 20.7 Å². The molecule has 0 atom stereocenters. The van der Waals surface area contributed by atoms with Crippen molar-refractivity contribution in [1.29, 1.82) is 0 Å². The third kappa shape index (κ3) is 5.82. The third-order valence-electron chi connectivity index (χ3n) is 6.08. The van der Waals surface area contributed by atoms with Gasteiger partial charge in [0.25, 0.3) is 5.56 Å². The predicted octanol–water partition coefficient (Wildman–Crippen LogP) is 3.45. The number of nitrogens with two attached hydrogens (primary N) is 2. The molecule has 11 nitrogen and oxygen atoms in total. The number of hydrogen-bond acceptors (Lipinski definition) is 6. The first kappa shape index (κ1) is 26.7. The van der Waals surface area contributed by atoms with Crippen molar-refractivity contribution < 1.29 is 14.4 Å². The van der Waals surface area contributed by atoms with Crippen molar-refractivity contribution in [3.05, 3.63) is 93.5 Å². The average molecular weight is 526 g/mol. The first-order valence-corrected chi connectivity index (χ1v) is 12.0. The molecule has 2 aromatic heterocycles. The summed E-state index contributed by atoms with van der Waals surface area (Å²) in [5, 5.41) is 9.86. The molecule has 0 aliphatic carbocycles. The number of carbonyl (C=O) groups excluding carboxylic acids is 3. The minimum Gasteiger partial charge on any atom is -0.366 e. The second-order valence-electron chi connectivity index (χ2n) is 8.90. The van der Waals surface area contributed by atoms with Gasteiger partial charge in [-0.2, -0.15) is 5.10 Å². The van der Waals surface area contributed by atoms with Gasteiger partial charge in [-0.05, 0) is 73.4 Å². The van der Waals surface area contributed by atoms with Crippen LogP contribution in [-0.2, 0) is 6.54 Å². The quantitative estimate of drug-likeness (QED) is 0.287. The highest BCUT2D eigenvalue weighted by Crippen LogP contribution is 2.28. The van der Waals surface area contributed by atoms with E-state index >= 15 is 0 Å². The molecule has 11 heteroatoms. The van der Waals surface area contributed by atoms with Gasteiger partial charge >= 0.3 is 6.03 Å². The molecule has 4 amide bonds. The van der Waals surface area contributed by atoms with Crippen molar-refractivity contribution >= 4 is 29.2 Å². The Hall–Kier alpha value is -5.32. The van der Waals surface area contributed by atoms with Crippen LogP contribution in [0.15, 0.2) is 65.7 Å². The second-order valence-corrected chi connectivity index (χ2v) is 8.90. The minimum atomic E-state index is -0.696. The Bertz CT molecular complexity index is 1620. The molecule has 39 heavy (non-hydrogen) atoms. The maximum absolute atomic E-state index is 13.0. The van der Waals surface area contributed by atoms with Crippen LogP contribution in [0.2, 0.25) is 0 Å². The number of benzene rings is 2. The molecule has 0 fully saturated rings. The van der Waals surface area contributed by atoms with E-state index in [0.717, 1.165) is 11.1 Å². The topological polar surface area (TPSA) is 175 Å². The number of aromatic nitrogens is 3. The highest BCUT2D eigenvalue weighted by atomic mass is 16.2. The molecule has 6 N–H and O–H groups in total. The molecule has 0 unspecified atom stereocenters. The van der Waals surface area contributed by atoms with Gasteiger partial charge in [0.15, 0.2) is 0 Å². The highest BCUT2D eigenvalue weighted by molar-refractivity contribution is 6.01. The van der Waals surface area contributed by atoms with Crippen molar-refractivity contribution in [3.63, 3.8) is 0 Å². The zero-order valence-corrected chi connectivity index (χ0v) is 21.6. The Balaban J connectivity index is 1.72. The van der Waals surface area contributed by atoms with Crippen molar-refractivity contribution in [1.82, 2.24) is 14.8 Å². The lowest BCUT2D eigenvalue weighted by molar-refractivity contribution is 0.0999. The fraction of sp³-hybridized carbons (Fsp3) is 0.143. The zero-order valence-electron chi connectivity index (χ0n) is 21.6. The summed E-state index contributed by atoms with van der Waals surface area (Å²) in [5.41, 5.74) is 15.2. The normalized spacial score (nSPS) is 10.6. The lowest BCUT2D eigenvalue weighted by atomic mass is 9.97. The number of hydrogen-bond donors (Lipinski definition) is 4. The van der Waals surface area contributed by atoms with Gasteiger partial charge in [0, 0.05) is 35.6 Å². The van der Waals surface area contributed by atoms with E-state index in [1.807, 2.05) is 13.8 Å². The van der Waals surface area contributed by atoms with Crippen LogP contribution in [0.4, 0.5) is 16.2 Å². The van der Waals surface area contributed by atoms with Crippen LogP contribution >= 0.6 is 0 Å². The molecule has 4 rings (SSSR count). The molecule has 2 aromatic carbocycles. The Kier molecular flexibility index (Phi) is 7.52. The van der Waals surface area contributed by atoms with Crippen molar-refractivity contribution in [2.75, 3.05) is 10.6 Å². The third-order valence-corrected chi connectivity index (χ3v) is 6.08. The molecular formula is C28H27N7O4. The predicted molar refractivity (Wildman–Crippen MR) is 148 cm³/mol. The lowest BCUT2D eigenvalue weighted by Crippen LogP contribution is -2.30. The van der Waals surface area contributed by atoms with E-state index in [1.54, 1.807) is 55.7 Å². The number of urea groups is 1. The number of pyridine rings is 1. The van der Waals surface area contributed by atoms with Gasteiger partial charge in [0.05, 0.1) is 11.4 Å². The molecule has 0 aliphatic heterocycles. The minimum absolute atomic E-state index is 0.0425. The molecule has 0 aliphatic rings. The van der Waals surface area contributed by atoms with Crippen LogP contribution in [0.5, 0.6) is 0 Å². The number of nitrogens with one attached hydrogen (secondary N) is 2. The Morgan fingerprint density at radius 1 is 0.846 bits per heavy atom. The molecule has 0 bridgehead atoms. The van der Waals surface area contributed by atoms with Gasteiger partial charge in [-0.3, -0.25) is 19.4 Å². The van der Waals surface area contributed by atoms with E-state index in [9.17, 15) is 19.2 Å². The molecule has 0 saturated heterocycles. The van der Waals surface area contributed by atoms with Crippen LogP contribution in [0, 0.1) is 13.8 Å². The Morgan fingerprint density at radius 3 is 2.05 bits per heavy atom. The Labute approximate surface area is 223 Å². The second kappa shape index (κ2) is 11.0. The summed E-state index contributed by atoms with van der Waals surface area (Å²) in [6.07, 6.45) is 3.27. The van der Waals surface area contributed by atoms with Gasteiger partial charge in [0.1, 0.15) is 5.69 Å². The van der Waals surface area contributed by atoms with Crippen molar-refractivity contribution in [3.8, 4) is 22.4 Å². The smallest absolute Gasteiger partial charge is 0.323 e. The number of primary amides is 2. The van der Waals surface area contributed by atoms with E-state index in [4.69, 9.17) is 11.5 Å². The number of rotatable bonds is 7. The van der Waals surface area contributed by atoms with Crippen molar-refractivity contribution in [2.45, 2.75) is 27.3 Å². The van der Waals surface area contributed by atoms with Gasteiger partial charge in [-0.25, -0.2) is 9.48 Å². The summed E-state index contributed by atoms with van der Waals surface area (Å²) in [7, 11) is 0. The largest absolute Gasteiger partial charge is 0.366 e. The van der Waals surface area contributed by atoms with Gasteiger partial charge < -0.3 is 22.1 Å². The summed E-state index contributed by atoms with van der Waals surface area (Å²) >= 11 is 0. The SMILES string of the molecule is CCn1nc(-c2cccc(-c3cc(C(N)=O)cc(C(N)=O)c3)c2)cc(NC(=O)Nc2c(C)cncc2C)c1=O. The number of aryl methyl sites for hydroxylation is 3. The summed E-state index contributed by atoms with van der Waals surface area (Å²) in [4.78, 5) is 53.5. The first-order valence-electron chi connectivity index (χ1n) is 12.0. The summed E-state index contributed by atoms with van der Waals surface area (Å²) in [6, 6.07) is 12.5. The number of anilines is 2. The monoisotopic (exact) mass is 525 g/mol. The summed E-state index contributed by atoms with van der Waals surface area (Å²) < 4.78 is 1.25. The van der Waals surface area contributed by atoms with Crippen LogP contribution < -0.4 is 27.7 Å². The molecular weight excluding hydrogens is 498 g/mol. The fourth-order valence-electron chi connectivity index (χ4n) is 4.09. The number of amides is 4. The molecule has 0 radical (unpaired) electrons. The van der Waals surface area contributed by atoms with Gasteiger partial charge in [-0.15, -0.1) is 0 Å². The first-order chi connectivity index (χ1) is 18.6. The van der Waals surface area contributed by atoms with Crippen LogP contribution in [0.25, 0.3) is 22.4 Å².